The maximum Gasteiger partial charge on any atom is 0.267 e. The van der Waals surface area contributed by atoms with E-state index in [2.05, 4.69) is 27.2 Å². The third kappa shape index (κ3) is 3.48. The minimum Gasteiger partial charge on any atom is -0.381 e. The molecule has 0 fully saturated rings. The number of fused-ring (bicyclic) bond motifs is 2. The molecular formula is C24H19N7O2S. The number of nitrogens with two attached hydrogens (primary N) is 1. The summed E-state index contributed by atoms with van der Waals surface area (Å²) in [7, 11) is 0. The van der Waals surface area contributed by atoms with Crippen LogP contribution in [0.3, 0.4) is 0 Å². The highest BCUT2D eigenvalue weighted by molar-refractivity contribution is 7.15. The second-order valence-corrected chi connectivity index (χ2v) is 8.34. The van der Waals surface area contributed by atoms with Gasteiger partial charge in [0.2, 0.25) is 0 Å². The predicted octanol–water partition coefficient (Wildman–Crippen LogP) is 2.91. The summed E-state index contributed by atoms with van der Waals surface area (Å²) in [5.41, 5.74) is 8.39. The van der Waals surface area contributed by atoms with Crippen LogP contribution in [-0.4, -0.2) is 29.9 Å². The molecule has 4 heterocycles. The van der Waals surface area contributed by atoms with Crippen LogP contribution < -0.4 is 16.6 Å². The van der Waals surface area contributed by atoms with E-state index in [9.17, 15) is 9.59 Å². The standard InChI is InChI=1S/C24H19N7O2S/c1-3-8-16-13-34-24-28-19(17(23(33)31(16)24)15-9-5-4-6-10-15)14(2)27-22(32)18-20(25)29-30-12-7-11-26-21(18)30/h4-7,9-14H,1-2H3,(H2,25,29)(H,27,32). The van der Waals surface area contributed by atoms with Gasteiger partial charge in [-0.05, 0) is 31.4 Å². The summed E-state index contributed by atoms with van der Waals surface area (Å²) in [6.45, 7) is 3.49. The molecule has 9 nitrogen and oxygen atoms in total. The van der Waals surface area contributed by atoms with E-state index in [0.29, 0.717) is 33.1 Å². The Morgan fingerprint density at radius 3 is 2.79 bits per heavy atom. The SMILES string of the molecule is CC#Cc1csc2nc(C(C)NC(=O)c3c(N)nn4cccnc34)c(-c3ccccc3)c(=O)n12. The van der Waals surface area contributed by atoms with Crippen molar-refractivity contribution in [2.75, 3.05) is 5.73 Å². The molecule has 0 saturated heterocycles. The van der Waals surface area contributed by atoms with Crippen molar-refractivity contribution in [2.24, 2.45) is 0 Å². The van der Waals surface area contributed by atoms with E-state index in [-0.39, 0.29) is 16.9 Å². The normalized spacial score (nSPS) is 11.8. The van der Waals surface area contributed by atoms with E-state index in [4.69, 9.17) is 10.7 Å². The second-order valence-electron chi connectivity index (χ2n) is 7.50. The average molecular weight is 470 g/mol. The third-order valence-electron chi connectivity index (χ3n) is 5.32. The van der Waals surface area contributed by atoms with Gasteiger partial charge in [-0.1, -0.05) is 36.3 Å². The van der Waals surface area contributed by atoms with Gasteiger partial charge in [0.05, 0.1) is 17.3 Å². The van der Waals surface area contributed by atoms with Crippen LogP contribution in [0.5, 0.6) is 0 Å². The van der Waals surface area contributed by atoms with Crippen molar-refractivity contribution in [3.05, 3.63) is 81.5 Å². The summed E-state index contributed by atoms with van der Waals surface area (Å²) in [6, 6.07) is 10.3. The highest BCUT2D eigenvalue weighted by Gasteiger charge is 2.25. The number of carbonyl (C=O) groups is 1. The van der Waals surface area contributed by atoms with Crippen LogP contribution in [0.15, 0.2) is 59.0 Å². The monoisotopic (exact) mass is 469 g/mol. The molecule has 5 aromatic rings. The Labute approximate surface area is 197 Å². The van der Waals surface area contributed by atoms with Crippen LogP contribution in [0.1, 0.15) is 41.6 Å². The lowest BCUT2D eigenvalue weighted by molar-refractivity contribution is 0.0941. The van der Waals surface area contributed by atoms with Crippen LogP contribution in [-0.2, 0) is 0 Å². The fourth-order valence-electron chi connectivity index (χ4n) is 3.83. The maximum absolute atomic E-state index is 13.7. The molecule has 0 aliphatic heterocycles. The van der Waals surface area contributed by atoms with Crippen LogP contribution >= 0.6 is 11.3 Å². The number of nitrogens with one attached hydrogen (secondary N) is 1. The molecule has 34 heavy (non-hydrogen) atoms. The van der Waals surface area contributed by atoms with Gasteiger partial charge in [-0.3, -0.25) is 9.59 Å². The van der Waals surface area contributed by atoms with E-state index in [1.165, 1.54) is 20.3 Å². The number of benzene rings is 1. The average Bonchev–Trinajstić information content (AvgIpc) is 3.39. The molecule has 3 N–H and O–H groups in total. The molecule has 4 aromatic heterocycles. The first-order valence-corrected chi connectivity index (χ1v) is 11.3. The van der Waals surface area contributed by atoms with Crippen molar-refractivity contribution in [3.8, 4) is 23.0 Å². The van der Waals surface area contributed by atoms with Gasteiger partial charge in [0.1, 0.15) is 11.3 Å². The predicted molar refractivity (Wildman–Crippen MR) is 131 cm³/mol. The van der Waals surface area contributed by atoms with E-state index in [0.717, 1.165) is 0 Å². The molecule has 0 bridgehead atoms. The first-order chi connectivity index (χ1) is 16.5. The summed E-state index contributed by atoms with van der Waals surface area (Å²) in [5.74, 6) is 5.40. The first kappa shape index (κ1) is 21.4. The zero-order valence-corrected chi connectivity index (χ0v) is 19.1. The van der Waals surface area contributed by atoms with Crippen molar-refractivity contribution >= 4 is 33.7 Å². The number of aromatic nitrogens is 5. The minimum atomic E-state index is -0.610. The Kier molecular flexibility index (Phi) is 5.31. The second kappa shape index (κ2) is 8.46. The van der Waals surface area contributed by atoms with Gasteiger partial charge in [-0.25, -0.2) is 18.9 Å². The van der Waals surface area contributed by atoms with Gasteiger partial charge in [0, 0.05) is 17.8 Å². The number of hydrogen-bond acceptors (Lipinski definition) is 7. The van der Waals surface area contributed by atoms with Crippen molar-refractivity contribution in [3.63, 3.8) is 0 Å². The van der Waals surface area contributed by atoms with Crippen molar-refractivity contribution in [2.45, 2.75) is 19.9 Å². The molecule has 0 radical (unpaired) electrons. The molecule has 168 valence electrons. The van der Waals surface area contributed by atoms with Crippen molar-refractivity contribution < 1.29 is 4.79 Å². The highest BCUT2D eigenvalue weighted by Crippen LogP contribution is 2.27. The number of thiazole rings is 1. The molecule has 0 saturated carbocycles. The number of rotatable bonds is 4. The quantitative estimate of drug-likeness (QED) is 0.391. The van der Waals surface area contributed by atoms with Crippen LogP contribution in [0.4, 0.5) is 5.82 Å². The minimum absolute atomic E-state index is 0.0659. The van der Waals surface area contributed by atoms with E-state index < -0.39 is 11.9 Å². The van der Waals surface area contributed by atoms with E-state index in [1.807, 2.05) is 30.3 Å². The largest absolute Gasteiger partial charge is 0.381 e. The summed E-state index contributed by atoms with van der Waals surface area (Å²) in [4.78, 5) is 36.3. The Morgan fingerprint density at radius 1 is 1.24 bits per heavy atom. The van der Waals surface area contributed by atoms with Gasteiger partial charge in [-0.15, -0.1) is 16.4 Å². The zero-order valence-electron chi connectivity index (χ0n) is 18.3. The van der Waals surface area contributed by atoms with E-state index >= 15 is 0 Å². The molecule has 1 amide bonds. The molecule has 0 aliphatic carbocycles. The molecule has 1 atom stereocenters. The lowest BCUT2D eigenvalue weighted by Crippen LogP contribution is -2.30. The molecular weight excluding hydrogens is 450 g/mol. The smallest absolute Gasteiger partial charge is 0.267 e. The number of carbonyl (C=O) groups excluding carboxylic acids is 1. The Bertz CT molecular complexity index is 1670. The fraction of sp³-hybridized carbons (Fsp3) is 0.125. The molecule has 0 spiro atoms. The van der Waals surface area contributed by atoms with Gasteiger partial charge in [-0.2, -0.15) is 0 Å². The van der Waals surface area contributed by atoms with Crippen LogP contribution in [0, 0.1) is 11.8 Å². The first-order valence-electron chi connectivity index (χ1n) is 10.4. The number of nitrogen functional groups attached to an aromatic ring is 1. The summed E-state index contributed by atoms with van der Waals surface area (Å²) < 4.78 is 2.96. The maximum atomic E-state index is 13.7. The van der Waals surface area contributed by atoms with Crippen LogP contribution in [0.2, 0.25) is 0 Å². The Morgan fingerprint density at radius 2 is 2.03 bits per heavy atom. The van der Waals surface area contributed by atoms with E-state index in [1.54, 1.807) is 37.7 Å². The van der Waals surface area contributed by atoms with Gasteiger partial charge >= 0.3 is 0 Å². The number of anilines is 1. The lowest BCUT2D eigenvalue weighted by atomic mass is 10.0. The molecule has 1 aromatic carbocycles. The molecule has 5 rings (SSSR count). The lowest BCUT2D eigenvalue weighted by Gasteiger charge is -2.17. The zero-order chi connectivity index (χ0) is 23.8. The van der Waals surface area contributed by atoms with Crippen LogP contribution in [0.25, 0.3) is 21.7 Å². The topological polar surface area (TPSA) is 120 Å². The molecule has 0 aliphatic rings. The van der Waals surface area contributed by atoms with Gasteiger partial charge in [0.15, 0.2) is 16.4 Å². The molecule has 10 heteroatoms. The van der Waals surface area contributed by atoms with Crippen molar-refractivity contribution in [1.82, 2.24) is 29.3 Å². The number of hydrogen-bond donors (Lipinski definition) is 2. The van der Waals surface area contributed by atoms with Crippen molar-refractivity contribution in [1.29, 1.82) is 0 Å². The molecule has 1 unspecified atom stereocenters. The van der Waals surface area contributed by atoms with Gasteiger partial charge < -0.3 is 11.1 Å². The Hall–Kier alpha value is -4.49. The Balaban J connectivity index is 1.64. The summed E-state index contributed by atoms with van der Waals surface area (Å²) in [5, 5.41) is 8.86. The number of amides is 1. The fourth-order valence-corrected chi connectivity index (χ4v) is 4.65. The van der Waals surface area contributed by atoms with Gasteiger partial charge in [0.25, 0.3) is 11.5 Å². The highest BCUT2D eigenvalue weighted by atomic mass is 32.1. The number of nitrogens with zero attached hydrogens (tertiary/aromatic N) is 5. The summed E-state index contributed by atoms with van der Waals surface area (Å²) in [6.07, 6.45) is 3.23. The third-order valence-corrected chi connectivity index (χ3v) is 6.15. The summed E-state index contributed by atoms with van der Waals surface area (Å²) >= 11 is 1.32.